The van der Waals surface area contributed by atoms with Crippen molar-refractivity contribution in [3.05, 3.63) is 0 Å². The van der Waals surface area contributed by atoms with Crippen LogP contribution in [0.5, 0.6) is 0 Å². The van der Waals surface area contributed by atoms with Gasteiger partial charge in [0.1, 0.15) is 0 Å². The highest BCUT2D eigenvalue weighted by Crippen LogP contribution is 2.38. The van der Waals surface area contributed by atoms with Gasteiger partial charge in [0.15, 0.2) is 0 Å². The van der Waals surface area contributed by atoms with E-state index in [1.165, 1.54) is 0 Å². The van der Waals surface area contributed by atoms with Gasteiger partial charge in [0.05, 0.1) is 0 Å². The summed E-state index contributed by atoms with van der Waals surface area (Å²) in [5.41, 5.74) is -4.73. The summed E-state index contributed by atoms with van der Waals surface area (Å²) in [6.07, 6.45) is 0. The van der Waals surface area contributed by atoms with Crippen LogP contribution in [0.2, 0.25) is 0 Å². The average Bonchev–Trinajstić information content (AvgIpc) is 1.25. The smallest absolute Gasteiger partial charge is 0.273 e. The number of halogens is 6. The van der Waals surface area contributed by atoms with Crippen LogP contribution in [0.4, 0.5) is 17.3 Å². The second-order valence-corrected chi connectivity index (χ2v) is 12.3. The van der Waals surface area contributed by atoms with Gasteiger partial charge >= 0.3 is 11.4 Å². The molecule has 0 aromatic carbocycles. The van der Waals surface area contributed by atoms with Crippen molar-refractivity contribution in [2.75, 3.05) is 0 Å². The molecule has 0 unspecified atom stereocenters. The van der Waals surface area contributed by atoms with Gasteiger partial charge in [-0.25, -0.2) is 0 Å². The molecule has 0 nitrogen and oxygen atoms in total. The fourth-order valence-electron chi connectivity index (χ4n) is 0. The molecule has 0 heterocycles. The molecule has 8 heavy (non-hydrogen) atoms. The molecular formula is CBr2F4Si. The molecule has 0 bridgehead atoms. The molecule has 7 heteroatoms. The first kappa shape index (κ1) is 8.90. The first-order chi connectivity index (χ1) is 3.25. The van der Waals surface area contributed by atoms with Crippen LogP contribution in [0, 0.1) is 0 Å². The van der Waals surface area contributed by atoms with E-state index < -0.39 is 11.4 Å². The predicted octanol–water partition coefficient (Wildman–Crippen LogP) is 2.79. The van der Waals surface area contributed by atoms with Crippen LogP contribution in [0.25, 0.3) is 0 Å². The molecule has 0 saturated carbocycles. The van der Waals surface area contributed by atoms with Gasteiger partial charge in [0.25, 0.3) is 0 Å². The van der Waals surface area contributed by atoms with Crippen LogP contribution in [-0.4, -0.2) is 11.4 Å². The normalized spacial score (nSPS) is 14.2. The number of hydrogen-bond donors (Lipinski definition) is 0. The molecule has 0 fully saturated rings. The van der Waals surface area contributed by atoms with E-state index in [4.69, 9.17) is 0 Å². The minimum Gasteiger partial charge on any atom is -0.273 e. The molecule has 50 valence electrons. The van der Waals surface area contributed by atoms with Crippen molar-refractivity contribution in [3.8, 4) is 0 Å². The Morgan fingerprint density at radius 3 is 1.25 bits per heavy atom. The van der Waals surface area contributed by atoms with E-state index in [1.54, 1.807) is 0 Å². The lowest BCUT2D eigenvalue weighted by molar-refractivity contribution is -0.0551. The first-order valence-corrected chi connectivity index (χ1v) is 7.78. The van der Waals surface area contributed by atoms with E-state index in [0.29, 0.717) is 0 Å². The molecule has 0 N–H and O–H groups in total. The molecule has 0 aromatic heterocycles. The van der Waals surface area contributed by atoms with E-state index in [2.05, 4.69) is 0 Å². The van der Waals surface area contributed by atoms with Crippen molar-refractivity contribution in [1.82, 2.24) is 0 Å². The second kappa shape index (κ2) is 2.26. The van der Waals surface area contributed by atoms with Gasteiger partial charge in [-0.1, -0.05) is 30.6 Å². The Balaban J connectivity index is 4.02. The third-order valence-electron chi connectivity index (χ3n) is 0.321. The minimum absolute atomic E-state index is 1.86. The molecule has 0 aromatic rings. The zero-order valence-electron chi connectivity index (χ0n) is 3.27. The van der Waals surface area contributed by atoms with Gasteiger partial charge < -0.3 is 0 Å². The van der Waals surface area contributed by atoms with Crippen molar-refractivity contribution in [2.24, 2.45) is 0 Å². The fraction of sp³-hybridized carbons (Fsp3) is 1.00. The standard InChI is InChI=1S/CBr2F4Si/c2-8(3,7)1(4,5)6. The summed E-state index contributed by atoms with van der Waals surface area (Å²) in [7, 11) is 0. The summed E-state index contributed by atoms with van der Waals surface area (Å²) in [6, 6.07) is 0. The van der Waals surface area contributed by atoms with Crippen LogP contribution >= 0.6 is 30.6 Å². The van der Waals surface area contributed by atoms with Crippen molar-refractivity contribution < 1.29 is 17.3 Å². The molecule has 0 radical (unpaired) electrons. The lowest BCUT2D eigenvalue weighted by Gasteiger charge is -2.09. The fourth-order valence-corrected chi connectivity index (χ4v) is 0. The lowest BCUT2D eigenvalue weighted by atomic mass is 11.5. The van der Waals surface area contributed by atoms with Crippen LogP contribution in [0.3, 0.4) is 0 Å². The first-order valence-electron chi connectivity index (χ1n) is 1.38. The average molecular weight is 276 g/mol. The third kappa shape index (κ3) is 2.45. The minimum atomic E-state index is -4.76. The zero-order chi connectivity index (χ0) is 7.00. The van der Waals surface area contributed by atoms with Gasteiger partial charge in [0.2, 0.25) is 0 Å². The monoisotopic (exact) mass is 274 g/mol. The van der Waals surface area contributed by atoms with Gasteiger partial charge in [-0.3, -0.25) is 4.11 Å². The Labute approximate surface area is 59.6 Å². The highest BCUT2D eigenvalue weighted by atomic mass is 79.9. The van der Waals surface area contributed by atoms with E-state index in [-0.39, 0.29) is 0 Å². The van der Waals surface area contributed by atoms with Gasteiger partial charge in [-0.15, -0.1) is 0 Å². The molecule has 0 amide bonds. The summed E-state index contributed by atoms with van der Waals surface area (Å²) in [6.45, 7) is 0. The zero-order valence-corrected chi connectivity index (χ0v) is 7.44. The van der Waals surface area contributed by atoms with E-state index in [9.17, 15) is 17.3 Å². The van der Waals surface area contributed by atoms with Crippen molar-refractivity contribution in [2.45, 2.75) is 5.80 Å². The summed E-state index contributed by atoms with van der Waals surface area (Å²) in [4.78, 5) is 0. The SMILES string of the molecule is FC(F)(F)[Si](F)(Br)Br. The van der Waals surface area contributed by atoms with Gasteiger partial charge in [0, 0.05) is 0 Å². The molecule has 0 saturated heterocycles. The Hall–Kier alpha value is 0.897. The number of rotatable bonds is 0. The van der Waals surface area contributed by atoms with E-state index in [1.807, 2.05) is 30.6 Å². The highest BCUT2D eigenvalue weighted by molar-refractivity contribution is 9.50. The maximum Gasteiger partial charge on any atom is 0.496 e. The van der Waals surface area contributed by atoms with Crippen LogP contribution in [-0.2, 0) is 0 Å². The molecule has 0 aliphatic carbocycles. The van der Waals surface area contributed by atoms with E-state index in [0.717, 1.165) is 0 Å². The molecule has 0 atom stereocenters. The maximum absolute atomic E-state index is 11.7. The van der Waals surface area contributed by atoms with Crippen LogP contribution in [0.1, 0.15) is 0 Å². The summed E-state index contributed by atoms with van der Waals surface area (Å²) >= 11 is 3.73. The van der Waals surface area contributed by atoms with Crippen molar-refractivity contribution in [1.29, 1.82) is 0 Å². The summed E-state index contributed by atoms with van der Waals surface area (Å²) < 4.78 is 45.2. The van der Waals surface area contributed by atoms with Crippen LogP contribution in [0.15, 0.2) is 0 Å². The largest absolute Gasteiger partial charge is 0.496 e. The molecule has 0 spiro atoms. The van der Waals surface area contributed by atoms with Crippen molar-refractivity contribution >= 4 is 36.2 Å². The molecule has 0 aliphatic heterocycles. The van der Waals surface area contributed by atoms with Crippen molar-refractivity contribution in [3.63, 3.8) is 0 Å². The third-order valence-corrected chi connectivity index (χ3v) is 3.66. The summed E-state index contributed by atoms with van der Waals surface area (Å²) in [5, 5.41) is 0. The Bertz CT molecular complexity index is 69.0. The Kier molecular flexibility index (Phi) is 2.51. The summed E-state index contributed by atoms with van der Waals surface area (Å²) in [5.74, 6) is -4.76. The highest BCUT2D eigenvalue weighted by Gasteiger charge is 2.57. The predicted molar refractivity (Wildman–Crippen MR) is 30.8 cm³/mol. The van der Waals surface area contributed by atoms with Gasteiger partial charge in [-0.05, 0) is 0 Å². The second-order valence-electron chi connectivity index (χ2n) is 0.996. The van der Waals surface area contributed by atoms with Gasteiger partial charge in [-0.2, -0.15) is 13.2 Å². The Morgan fingerprint density at radius 2 is 1.25 bits per heavy atom. The van der Waals surface area contributed by atoms with E-state index >= 15 is 0 Å². The molecule has 0 aliphatic rings. The molecule has 0 rings (SSSR count). The number of alkyl halides is 3. The lowest BCUT2D eigenvalue weighted by Crippen LogP contribution is -2.33. The number of hydrogen-bond acceptors (Lipinski definition) is 0. The quantitative estimate of drug-likeness (QED) is 0.362. The maximum atomic E-state index is 11.7. The molecular weight excluding hydrogens is 276 g/mol. The van der Waals surface area contributed by atoms with Crippen LogP contribution < -0.4 is 0 Å². The topological polar surface area (TPSA) is 0 Å². The Morgan fingerprint density at radius 1 is 1.12 bits per heavy atom.